The minimum Gasteiger partial charge on any atom is -0.462 e. The average molecular weight is 1050 g/mol. The Morgan fingerprint density at radius 2 is 0.520 bits per heavy atom. The van der Waals surface area contributed by atoms with Gasteiger partial charge >= 0.3 is 17.9 Å². The van der Waals surface area contributed by atoms with Gasteiger partial charge in [0.15, 0.2) is 6.10 Å². The van der Waals surface area contributed by atoms with Crippen molar-refractivity contribution in [1.29, 1.82) is 0 Å². The van der Waals surface area contributed by atoms with Crippen LogP contribution >= 0.6 is 0 Å². The molecule has 0 aliphatic carbocycles. The van der Waals surface area contributed by atoms with Crippen LogP contribution in [-0.4, -0.2) is 37.2 Å². The highest BCUT2D eigenvalue weighted by Gasteiger charge is 2.19. The Morgan fingerprint density at radius 1 is 0.280 bits per heavy atom. The molecule has 0 aromatic heterocycles. The van der Waals surface area contributed by atoms with E-state index >= 15 is 0 Å². The lowest BCUT2D eigenvalue weighted by atomic mass is 10.0. The first-order valence-electron chi connectivity index (χ1n) is 32.1. The Labute approximate surface area is 465 Å². The van der Waals surface area contributed by atoms with Gasteiger partial charge in [0.25, 0.3) is 0 Å². The lowest BCUT2D eigenvalue weighted by molar-refractivity contribution is -0.167. The number of allylic oxidation sites excluding steroid dienone is 14. The molecule has 0 aromatic rings. The zero-order valence-corrected chi connectivity index (χ0v) is 49.6. The van der Waals surface area contributed by atoms with E-state index in [9.17, 15) is 14.4 Å². The zero-order chi connectivity index (χ0) is 54.3. The summed E-state index contributed by atoms with van der Waals surface area (Å²) in [6, 6.07) is 0. The van der Waals surface area contributed by atoms with Crippen LogP contribution in [0, 0.1) is 0 Å². The first-order chi connectivity index (χ1) is 37.0. The number of carbonyl (C=O) groups is 3. The van der Waals surface area contributed by atoms with E-state index in [1.54, 1.807) is 0 Å². The molecule has 0 bridgehead atoms. The standard InChI is InChI=1S/C69H120O6/c1-4-7-10-13-16-19-22-25-28-30-32-33-34-35-37-38-41-44-47-50-53-56-59-62-68(71)74-65-66(64-73-67(70)61-58-55-52-49-46-43-40-27-24-21-18-15-12-9-6-3)75-69(72)63-60-57-54-51-48-45-42-39-36-31-29-26-23-20-17-14-11-8-5-2/h7,10,16,19,25-26,28-29,32-33,35,37,41,44,66H,4-6,8-9,11-15,17-18,20-24,27,30-31,34,36,38-40,42-43,45-65H2,1-3H3/b10-7-,19-16-,28-25-,29-26-,33-32-,37-35-,44-41-. The number of carbonyl (C=O) groups excluding carboxylic acids is 3. The van der Waals surface area contributed by atoms with Crippen LogP contribution in [-0.2, 0) is 28.6 Å². The summed E-state index contributed by atoms with van der Waals surface area (Å²) >= 11 is 0. The second-order valence-corrected chi connectivity index (χ2v) is 21.3. The third kappa shape index (κ3) is 61.3. The second-order valence-electron chi connectivity index (χ2n) is 21.3. The monoisotopic (exact) mass is 1040 g/mol. The van der Waals surface area contributed by atoms with Crippen LogP contribution in [0.15, 0.2) is 85.1 Å². The molecule has 6 heteroatoms. The van der Waals surface area contributed by atoms with Crippen molar-refractivity contribution in [2.45, 2.75) is 322 Å². The first kappa shape index (κ1) is 71.6. The molecule has 0 saturated carbocycles. The molecular weight excluding hydrogens is 925 g/mol. The van der Waals surface area contributed by atoms with Crippen LogP contribution in [0.1, 0.15) is 316 Å². The molecule has 0 fully saturated rings. The van der Waals surface area contributed by atoms with Gasteiger partial charge in [-0.25, -0.2) is 0 Å². The van der Waals surface area contributed by atoms with E-state index in [0.717, 1.165) is 109 Å². The summed E-state index contributed by atoms with van der Waals surface area (Å²) in [6.07, 6.45) is 82.9. The highest BCUT2D eigenvalue weighted by atomic mass is 16.6. The van der Waals surface area contributed by atoms with Gasteiger partial charge in [-0.3, -0.25) is 14.4 Å². The molecule has 0 heterocycles. The molecular formula is C69H120O6. The number of esters is 3. The summed E-state index contributed by atoms with van der Waals surface area (Å²) in [4.78, 5) is 38.3. The van der Waals surface area contributed by atoms with E-state index in [0.29, 0.717) is 19.3 Å². The Hall–Kier alpha value is -3.41. The number of ether oxygens (including phenoxy) is 3. The van der Waals surface area contributed by atoms with Crippen molar-refractivity contribution < 1.29 is 28.6 Å². The molecule has 432 valence electrons. The highest BCUT2D eigenvalue weighted by Crippen LogP contribution is 2.16. The second kappa shape index (κ2) is 63.1. The summed E-state index contributed by atoms with van der Waals surface area (Å²) in [5.74, 6) is -0.896. The molecule has 0 rings (SSSR count). The molecule has 0 amide bonds. The lowest BCUT2D eigenvalue weighted by Crippen LogP contribution is -2.30. The molecule has 1 atom stereocenters. The van der Waals surface area contributed by atoms with E-state index in [2.05, 4.69) is 106 Å². The topological polar surface area (TPSA) is 78.9 Å². The maximum absolute atomic E-state index is 12.9. The van der Waals surface area contributed by atoms with Crippen molar-refractivity contribution in [2.24, 2.45) is 0 Å². The molecule has 0 aliphatic rings. The Bertz CT molecular complexity index is 1430. The fourth-order valence-corrected chi connectivity index (χ4v) is 9.09. The van der Waals surface area contributed by atoms with Gasteiger partial charge in [-0.1, -0.05) is 286 Å². The third-order valence-corrected chi connectivity index (χ3v) is 13.9. The van der Waals surface area contributed by atoms with Crippen LogP contribution in [0.5, 0.6) is 0 Å². The number of rotatable bonds is 58. The summed E-state index contributed by atoms with van der Waals surface area (Å²) < 4.78 is 16.9. The lowest BCUT2D eigenvalue weighted by Gasteiger charge is -2.18. The van der Waals surface area contributed by atoms with Crippen molar-refractivity contribution in [3.05, 3.63) is 85.1 Å². The fraction of sp³-hybridized carbons (Fsp3) is 0.754. The van der Waals surface area contributed by atoms with Gasteiger partial charge in [-0.15, -0.1) is 0 Å². The zero-order valence-electron chi connectivity index (χ0n) is 49.6. The Morgan fingerprint density at radius 3 is 0.827 bits per heavy atom. The minimum atomic E-state index is -0.788. The van der Waals surface area contributed by atoms with Gasteiger partial charge < -0.3 is 14.2 Å². The number of hydrogen-bond donors (Lipinski definition) is 0. The highest BCUT2D eigenvalue weighted by molar-refractivity contribution is 5.71. The number of hydrogen-bond acceptors (Lipinski definition) is 6. The van der Waals surface area contributed by atoms with Crippen LogP contribution in [0.2, 0.25) is 0 Å². The summed E-state index contributed by atoms with van der Waals surface area (Å²) in [5, 5.41) is 0. The Kier molecular flexibility index (Phi) is 60.3. The first-order valence-corrected chi connectivity index (χ1v) is 32.1. The fourth-order valence-electron chi connectivity index (χ4n) is 9.09. The minimum absolute atomic E-state index is 0.0827. The van der Waals surface area contributed by atoms with Gasteiger partial charge in [-0.2, -0.15) is 0 Å². The summed E-state index contributed by atoms with van der Waals surface area (Å²) in [7, 11) is 0. The molecule has 0 N–H and O–H groups in total. The van der Waals surface area contributed by atoms with Crippen molar-refractivity contribution >= 4 is 17.9 Å². The molecule has 0 radical (unpaired) electrons. The van der Waals surface area contributed by atoms with Gasteiger partial charge in [-0.05, 0) is 96.3 Å². The third-order valence-electron chi connectivity index (χ3n) is 13.9. The maximum Gasteiger partial charge on any atom is 0.306 e. The molecule has 0 aromatic carbocycles. The van der Waals surface area contributed by atoms with E-state index in [4.69, 9.17) is 14.2 Å². The van der Waals surface area contributed by atoms with Gasteiger partial charge in [0.2, 0.25) is 0 Å². The predicted molar refractivity (Wildman–Crippen MR) is 325 cm³/mol. The molecule has 1 unspecified atom stereocenters. The largest absolute Gasteiger partial charge is 0.462 e. The summed E-state index contributed by atoms with van der Waals surface area (Å²) in [5.41, 5.74) is 0. The molecule has 6 nitrogen and oxygen atoms in total. The summed E-state index contributed by atoms with van der Waals surface area (Å²) in [6.45, 7) is 6.54. The smallest absolute Gasteiger partial charge is 0.306 e. The van der Waals surface area contributed by atoms with Crippen molar-refractivity contribution in [2.75, 3.05) is 13.2 Å². The maximum atomic E-state index is 12.9. The quantitative estimate of drug-likeness (QED) is 0.0261. The van der Waals surface area contributed by atoms with E-state index in [1.807, 2.05) is 0 Å². The molecule has 0 saturated heterocycles. The van der Waals surface area contributed by atoms with Crippen molar-refractivity contribution in [3.63, 3.8) is 0 Å². The van der Waals surface area contributed by atoms with Crippen LogP contribution < -0.4 is 0 Å². The van der Waals surface area contributed by atoms with Crippen molar-refractivity contribution in [1.82, 2.24) is 0 Å². The normalized spacial score (nSPS) is 12.6. The average Bonchev–Trinajstić information content (AvgIpc) is 3.41. The number of unbranched alkanes of at least 4 members (excludes halogenated alkanes) is 33. The van der Waals surface area contributed by atoms with Crippen LogP contribution in [0.4, 0.5) is 0 Å². The van der Waals surface area contributed by atoms with Crippen molar-refractivity contribution in [3.8, 4) is 0 Å². The van der Waals surface area contributed by atoms with Gasteiger partial charge in [0, 0.05) is 19.3 Å². The Balaban J connectivity index is 4.41. The van der Waals surface area contributed by atoms with Gasteiger partial charge in [0.05, 0.1) is 0 Å². The molecule has 75 heavy (non-hydrogen) atoms. The molecule has 0 aliphatic heterocycles. The van der Waals surface area contributed by atoms with E-state index in [-0.39, 0.29) is 31.1 Å². The van der Waals surface area contributed by atoms with Crippen LogP contribution in [0.25, 0.3) is 0 Å². The SMILES string of the molecule is CC/C=C\C/C=C\C/C=C\C/C=C\C/C=C\C/C=C\CCCCCCC(=O)OCC(COC(=O)CCCCCCCCCCCCCCCCC)OC(=O)CCCCCCCCCCC/C=C\CCCCCCCC. The van der Waals surface area contributed by atoms with Crippen LogP contribution in [0.3, 0.4) is 0 Å². The van der Waals surface area contributed by atoms with E-state index < -0.39 is 6.10 Å². The predicted octanol–water partition coefficient (Wildman–Crippen LogP) is 21.9. The van der Waals surface area contributed by atoms with Gasteiger partial charge in [0.1, 0.15) is 13.2 Å². The van der Waals surface area contributed by atoms with E-state index in [1.165, 1.54) is 167 Å². The molecule has 0 spiro atoms.